The zero-order valence-electron chi connectivity index (χ0n) is 55.2. The molecule has 504 valence electrons. The molecule has 0 amide bonds. The summed E-state index contributed by atoms with van der Waals surface area (Å²) in [5, 5.41) is 10.6. The van der Waals surface area contributed by atoms with Gasteiger partial charge >= 0.3 is 39.5 Å². The Bertz CT molecular complexity index is 1700. The third-order valence-electron chi connectivity index (χ3n) is 15.8. The van der Waals surface area contributed by atoms with E-state index in [0.717, 1.165) is 120 Å². The van der Waals surface area contributed by atoms with Gasteiger partial charge in [0.05, 0.1) is 26.4 Å². The van der Waals surface area contributed by atoms with Crippen LogP contribution in [0.3, 0.4) is 0 Å². The Hall–Kier alpha value is -1.94. The van der Waals surface area contributed by atoms with Crippen LogP contribution in [0.2, 0.25) is 0 Å². The number of phosphoric ester groups is 2. The third kappa shape index (κ3) is 58.2. The molecular weight excluding hydrogens is 1130 g/mol. The summed E-state index contributed by atoms with van der Waals surface area (Å²) in [5.41, 5.74) is 0. The van der Waals surface area contributed by atoms with Crippen molar-refractivity contribution in [3.05, 3.63) is 0 Å². The number of aliphatic hydroxyl groups excluding tert-OH is 1. The Balaban J connectivity index is 5.27. The highest BCUT2D eigenvalue weighted by Crippen LogP contribution is 2.45. The molecule has 3 N–H and O–H groups in total. The topological polar surface area (TPSA) is 237 Å². The molecule has 4 unspecified atom stereocenters. The molecule has 0 fully saturated rings. The van der Waals surface area contributed by atoms with Crippen molar-refractivity contribution in [1.82, 2.24) is 0 Å². The first kappa shape index (κ1) is 83.1. The first-order valence-electron chi connectivity index (χ1n) is 34.3. The second-order valence-corrected chi connectivity index (χ2v) is 28.2. The predicted octanol–water partition coefficient (Wildman–Crippen LogP) is 18.1. The molecule has 17 nitrogen and oxygen atoms in total. The van der Waals surface area contributed by atoms with Gasteiger partial charge < -0.3 is 33.8 Å². The van der Waals surface area contributed by atoms with Crippen molar-refractivity contribution < 1.29 is 80.2 Å². The summed E-state index contributed by atoms with van der Waals surface area (Å²) in [6.07, 6.45) is 36.2. The standard InChI is InChI=1S/C66H128O17P2/c1-9-58(7)44-36-28-20-15-17-21-30-38-46-63(68)76-52-61(82-65(70)48-40-32-22-13-11-12-18-26-34-42-56(3)4)54-80-84(72,73)78-50-60(67)51-79-85(74,75)81-55-62(53-77-64(69)47-39-31-25-24-29-37-45-59(8)10-2)83-66(71)49-41-33-23-16-14-19-27-35-43-57(5)6/h56-62,67H,9-55H2,1-8H3,(H,72,73)(H,74,75)/t58?,59?,60-,61-,62-/m1/s1. The minimum atomic E-state index is -4.95. The molecule has 0 radical (unpaired) electrons. The number of hydrogen-bond donors (Lipinski definition) is 3. The molecule has 0 heterocycles. The summed E-state index contributed by atoms with van der Waals surface area (Å²) in [6.45, 7) is 14.0. The number of hydrogen-bond acceptors (Lipinski definition) is 15. The van der Waals surface area contributed by atoms with Crippen molar-refractivity contribution in [2.24, 2.45) is 23.7 Å². The fraction of sp³-hybridized carbons (Fsp3) is 0.939. The minimum Gasteiger partial charge on any atom is -0.462 e. The monoisotopic (exact) mass is 1250 g/mol. The summed E-state index contributed by atoms with van der Waals surface area (Å²) in [6, 6.07) is 0. The van der Waals surface area contributed by atoms with Crippen LogP contribution in [0.5, 0.6) is 0 Å². The Labute approximate surface area is 517 Å². The number of unbranched alkanes of at least 4 members (excludes halogenated alkanes) is 27. The van der Waals surface area contributed by atoms with E-state index in [4.69, 9.17) is 37.0 Å². The fourth-order valence-corrected chi connectivity index (χ4v) is 11.3. The van der Waals surface area contributed by atoms with Gasteiger partial charge in [0.15, 0.2) is 12.2 Å². The van der Waals surface area contributed by atoms with Gasteiger partial charge in [-0.2, -0.15) is 0 Å². The van der Waals surface area contributed by atoms with Crippen molar-refractivity contribution in [2.45, 2.75) is 337 Å². The second-order valence-electron chi connectivity index (χ2n) is 25.3. The maximum Gasteiger partial charge on any atom is 0.472 e. The van der Waals surface area contributed by atoms with E-state index in [1.807, 2.05) is 0 Å². The van der Waals surface area contributed by atoms with Crippen LogP contribution < -0.4 is 0 Å². The van der Waals surface area contributed by atoms with Crippen LogP contribution in [-0.4, -0.2) is 96.7 Å². The molecule has 0 aromatic heterocycles. The Morgan fingerprint density at radius 3 is 0.835 bits per heavy atom. The van der Waals surface area contributed by atoms with Gasteiger partial charge in [-0.15, -0.1) is 0 Å². The normalized spacial score (nSPS) is 15.0. The summed E-state index contributed by atoms with van der Waals surface area (Å²) in [5.74, 6) is 0.825. The molecule has 0 spiro atoms. The van der Waals surface area contributed by atoms with Crippen LogP contribution in [0, 0.1) is 23.7 Å². The predicted molar refractivity (Wildman–Crippen MR) is 340 cm³/mol. The molecule has 0 aromatic carbocycles. The van der Waals surface area contributed by atoms with Crippen LogP contribution in [0.1, 0.15) is 319 Å². The van der Waals surface area contributed by atoms with Crippen LogP contribution in [0.15, 0.2) is 0 Å². The van der Waals surface area contributed by atoms with Gasteiger partial charge in [-0.3, -0.25) is 37.3 Å². The fourth-order valence-electron chi connectivity index (χ4n) is 9.72. The number of phosphoric acid groups is 2. The molecule has 0 aliphatic rings. The average molecular weight is 1260 g/mol. The van der Waals surface area contributed by atoms with E-state index in [-0.39, 0.29) is 25.7 Å². The number of ether oxygens (including phenoxy) is 4. The van der Waals surface area contributed by atoms with E-state index in [9.17, 15) is 43.2 Å². The summed E-state index contributed by atoms with van der Waals surface area (Å²) >= 11 is 0. The number of carbonyl (C=O) groups is 4. The van der Waals surface area contributed by atoms with Gasteiger partial charge in [0.2, 0.25) is 0 Å². The molecular formula is C66H128O17P2. The van der Waals surface area contributed by atoms with Gasteiger partial charge in [0.25, 0.3) is 0 Å². The van der Waals surface area contributed by atoms with Crippen LogP contribution >= 0.6 is 15.6 Å². The molecule has 0 aliphatic carbocycles. The zero-order valence-corrected chi connectivity index (χ0v) is 57.0. The SMILES string of the molecule is CCC(C)CCCCCCCCCCC(=O)OC[C@H](COP(=O)(O)OC[C@@H](O)COP(=O)(O)OC[C@@H](COC(=O)CCCCCCCCC(C)CC)OC(=O)CCCCCCCCCCC(C)C)OC(=O)CCCCCCCCCCCC(C)C. The number of rotatable bonds is 63. The van der Waals surface area contributed by atoms with E-state index in [1.54, 1.807) is 0 Å². The molecule has 19 heteroatoms. The van der Waals surface area contributed by atoms with Crippen molar-refractivity contribution >= 4 is 39.5 Å². The molecule has 0 saturated heterocycles. The Morgan fingerprint density at radius 1 is 0.329 bits per heavy atom. The lowest BCUT2D eigenvalue weighted by atomic mass is 9.99. The highest BCUT2D eigenvalue weighted by atomic mass is 31.2. The molecule has 0 aromatic rings. The van der Waals surface area contributed by atoms with Gasteiger partial charge in [-0.25, -0.2) is 9.13 Å². The van der Waals surface area contributed by atoms with Crippen LogP contribution in [0.4, 0.5) is 0 Å². The summed E-state index contributed by atoms with van der Waals surface area (Å²) < 4.78 is 68.1. The maximum atomic E-state index is 13.0. The lowest BCUT2D eigenvalue weighted by Gasteiger charge is -2.21. The molecule has 7 atom stereocenters. The van der Waals surface area contributed by atoms with E-state index in [1.165, 1.54) is 116 Å². The molecule has 0 bridgehead atoms. The number of esters is 4. The maximum absolute atomic E-state index is 13.0. The summed E-state index contributed by atoms with van der Waals surface area (Å²) in [4.78, 5) is 72.3. The lowest BCUT2D eigenvalue weighted by Crippen LogP contribution is -2.30. The molecule has 0 aliphatic heterocycles. The molecule has 0 saturated carbocycles. The van der Waals surface area contributed by atoms with E-state index in [0.29, 0.717) is 25.7 Å². The van der Waals surface area contributed by atoms with E-state index in [2.05, 4.69) is 55.4 Å². The number of aliphatic hydroxyl groups is 1. The quantitative estimate of drug-likeness (QED) is 0.0222. The highest BCUT2D eigenvalue weighted by Gasteiger charge is 2.30. The molecule has 85 heavy (non-hydrogen) atoms. The second kappa shape index (κ2) is 56.1. The van der Waals surface area contributed by atoms with Gasteiger partial charge in [-0.1, -0.05) is 267 Å². The first-order chi connectivity index (χ1) is 40.7. The number of carbonyl (C=O) groups excluding carboxylic acids is 4. The van der Waals surface area contributed by atoms with Crippen molar-refractivity contribution in [3.8, 4) is 0 Å². The van der Waals surface area contributed by atoms with Crippen molar-refractivity contribution in [1.29, 1.82) is 0 Å². The van der Waals surface area contributed by atoms with Gasteiger partial charge in [0.1, 0.15) is 19.3 Å². The van der Waals surface area contributed by atoms with Gasteiger partial charge in [0, 0.05) is 25.7 Å². The Kier molecular flexibility index (Phi) is 54.8. The van der Waals surface area contributed by atoms with Crippen LogP contribution in [0.25, 0.3) is 0 Å². The minimum absolute atomic E-state index is 0.103. The lowest BCUT2D eigenvalue weighted by molar-refractivity contribution is -0.161. The third-order valence-corrected chi connectivity index (χ3v) is 17.7. The van der Waals surface area contributed by atoms with Crippen LogP contribution in [-0.2, 0) is 65.4 Å². The summed E-state index contributed by atoms with van der Waals surface area (Å²) in [7, 11) is -9.89. The first-order valence-corrected chi connectivity index (χ1v) is 37.3. The molecule has 0 rings (SSSR count). The zero-order chi connectivity index (χ0) is 63.2. The highest BCUT2D eigenvalue weighted by molar-refractivity contribution is 7.47. The van der Waals surface area contributed by atoms with E-state index < -0.39 is 97.5 Å². The van der Waals surface area contributed by atoms with Gasteiger partial charge in [-0.05, 0) is 49.4 Å². The Morgan fingerprint density at radius 2 is 0.565 bits per heavy atom. The average Bonchev–Trinajstić information content (AvgIpc) is 3.53. The van der Waals surface area contributed by atoms with Crippen molar-refractivity contribution in [2.75, 3.05) is 39.6 Å². The largest absolute Gasteiger partial charge is 0.472 e. The smallest absolute Gasteiger partial charge is 0.462 e. The van der Waals surface area contributed by atoms with E-state index >= 15 is 0 Å². The van der Waals surface area contributed by atoms with Crippen molar-refractivity contribution in [3.63, 3.8) is 0 Å².